The number of esters is 2. The molecule has 3 rings (SSSR count). The molecule has 25 heavy (non-hydrogen) atoms. The lowest BCUT2D eigenvalue weighted by atomic mass is 9.96. The zero-order chi connectivity index (χ0) is 17.8. The monoisotopic (exact) mass is 383 g/mol. The van der Waals surface area contributed by atoms with Crippen molar-refractivity contribution in [2.75, 3.05) is 32.6 Å². The van der Waals surface area contributed by atoms with Crippen molar-refractivity contribution in [1.29, 1.82) is 0 Å². The van der Waals surface area contributed by atoms with Crippen LogP contribution in [0.4, 0.5) is 0 Å². The average molecular weight is 383 g/mol. The van der Waals surface area contributed by atoms with Crippen LogP contribution in [-0.4, -0.2) is 60.6 Å². The highest BCUT2D eigenvalue weighted by Gasteiger charge is 2.30. The number of nitrogens with zero attached hydrogens (tertiary/aromatic N) is 1. The van der Waals surface area contributed by atoms with Gasteiger partial charge < -0.3 is 14.4 Å². The maximum Gasteiger partial charge on any atom is 0.339 e. The number of fused-ring (bicyclic) bond motifs is 1. The van der Waals surface area contributed by atoms with E-state index in [0.29, 0.717) is 24.4 Å². The molecule has 2 heterocycles. The van der Waals surface area contributed by atoms with E-state index in [9.17, 15) is 14.4 Å². The number of thiophene rings is 1. The fourth-order valence-corrected chi connectivity index (χ4v) is 5.35. The highest BCUT2D eigenvalue weighted by molar-refractivity contribution is 8.00. The largest absolute Gasteiger partial charge is 0.468 e. The number of methoxy groups -OCH3 is 1. The van der Waals surface area contributed by atoms with Crippen LogP contribution in [0.25, 0.3) is 0 Å². The number of hydrogen-bond acceptors (Lipinski definition) is 7. The van der Waals surface area contributed by atoms with Crippen molar-refractivity contribution < 1.29 is 23.9 Å². The molecule has 1 amide bonds. The van der Waals surface area contributed by atoms with Crippen molar-refractivity contribution in [2.45, 2.75) is 30.9 Å². The standard InChI is InChI=1S/C17H21NO5S2/c1-22-17(21)14-8-18(6-7-24-14)15(19)9-23-16(20)12-10-25-13-5-3-2-4-11(12)13/h10,14H,2-9H2,1H3/t14-/m1/s1. The lowest BCUT2D eigenvalue weighted by Crippen LogP contribution is -2.46. The molecule has 0 saturated carbocycles. The average Bonchev–Trinajstić information content (AvgIpc) is 3.09. The van der Waals surface area contributed by atoms with Gasteiger partial charge in [-0.15, -0.1) is 23.1 Å². The summed E-state index contributed by atoms with van der Waals surface area (Å²) in [5.74, 6) is -0.364. The summed E-state index contributed by atoms with van der Waals surface area (Å²) in [4.78, 5) is 39.1. The number of rotatable bonds is 4. The summed E-state index contributed by atoms with van der Waals surface area (Å²) in [6, 6.07) is 0. The topological polar surface area (TPSA) is 72.9 Å². The van der Waals surface area contributed by atoms with E-state index >= 15 is 0 Å². The molecule has 1 aliphatic heterocycles. The van der Waals surface area contributed by atoms with Gasteiger partial charge in [-0.2, -0.15) is 0 Å². The van der Waals surface area contributed by atoms with E-state index in [4.69, 9.17) is 9.47 Å². The fraction of sp³-hybridized carbons (Fsp3) is 0.588. The summed E-state index contributed by atoms with van der Waals surface area (Å²) in [5.41, 5.74) is 1.70. The van der Waals surface area contributed by atoms with Gasteiger partial charge in [0.15, 0.2) is 6.61 Å². The molecule has 136 valence electrons. The van der Waals surface area contributed by atoms with Crippen LogP contribution < -0.4 is 0 Å². The van der Waals surface area contributed by atoms with Gasteiger partial charge in [-0.25, -0.2) is 4.79 Å². The molecular weight excluding hydrogens is 362 g/mol. The summed E-state index contributed by atoms with van der Waals surface area (Å²) < 4.78 is 9.98. The van der Waals surface area contributed by atoms with Crippen molar-refractivity contribution in [3.63, 3.8) is 0 Å². The molecule has 0 bridgehead atoms. The Balaban J connectivity index is 1.54. The molecular formula is C17H21NO5S2. The van der Waals surface area contributed by atoms with Gasteiger partial charge in [0.2, 0.25) is 0 Å². The van der Waals surface area contributed by atoms with Gasteiger partial charge >= 0.3 is 11.9 Å². The Morgan fingerprint density at radius 3 is 2.88 bits per heavy atom. The van der Waals surface area contributed by atoms with E-state index in [1.807, 2.05) is 5.38 Å². The molecule has 1 aromatic rings. The number of amides is 1. The minimum atomic E-state index is -0.427. The van der Waals surface area contributed by atoms with Crippen LogP contribution in [0, 0.1) is 0 Å². The molecule has 1 aliphatic carbocycles. The molecule has 0 radical (unpaired) electrons. The molecule has 0 aromatic carbocycles. The SMILES string of the molecule is COC(=O)[C@H]1CN(C(=O)COC(=O)c2csc3c2CCCC3)CCS1. The zero-order valence-electron chi connectivity index (χ0n) is 14.1. The van der Waals surface area contributed by atoms with Gasteiger partial charge in [0, 0.05) is 29.1 Å². The van der Waals surface area contributed by atoms with Crippen molar-refractivity contribution in [3.8, 4) is 0 Å². The first-order valence-corrected chi connectivity index (χ1v) is 10.3. The summed E-state index contributed by atoms with van der Waals surface area (Å²) in [6.07, 6.45) is 4.17. The molecule has 2 aliphatic rings. The van der Waals surface area contributed by atoms with Crippen LogP contribution in [0.15, 0.2) is 5.38 Å². The third-order valence-corrected chi connectivity index (χ3v) is 6.74. The van der Waals surface area contributed by atoms with Crippen LogP contribution in [0.3, 0.4) is 0 Å². The quantitative estimate of drug-likeness (QED) is 0.740. The number of carbonyl (C=O) groups excluding carboxylic acids is 3. The maximum atomic E-state index is 12.3. The highest BCUT2D eigenvalue weighted by atomic mass is 32.2. The minimum Gasteiger partial charge on any atom is -0.468 e. The van der Waals surface area contributed by atoms with E-state index in [2.05, 4.69) is 0 Å². The lowest BCUT2D eigenvalue weighted by Gasteiger charge is -2.30. The summed E-state index contributed by atoms with van der Waals surface area (Å²) in [6.45, 7) is 0.548. The number of carbonyl (C=O) groups is 3. The number of aryl methyl sites for hydroxylation is 1. The van der Waals surface area contributed by atoms with Crippen molar-refractivity contribution in [3.05, 3.63) is 21.4 Å². The van der Waals surface area contributed by atoms with E-state index in [-0.39, 0.29) is 23.7 Å². The number of ether oxygens (including phenoxy) is 2. The molecule has 1 aromatic heterocycles. The van der Waals surface area contributed by atoms with Crippen molar-refractivity contribution in [1.82, 2.24) is 4.90 Å². The molecule has 8 heteroatoms. The summed E-state index contributed by atoms with van der Waals surface area (Å²) in [5, 5.41) is 1.47. The Kier molecular flexibility index (Phi) is 6.01. The van der Waals surface area contributed by atoms with Gasteiger partial charge in [-0.1, -0.05) is 0 Å². The van der Waals surface area contributed by atoms with Gasteiger partial charge in [0.05, 0.1) is 12.7 Å². The van der Waals surface area contributed by atoms with Gasteiger partial charge in [-0.05, 0) is 31.2 Å². The Bertz CT molecular complexity index is 672. The molecule has 1 saturated heterocycles. The van der Waals surface area contributed by atoms with Crippen molar-refractivity contribution in [2.24, 2.45) is 0 Å². The first kappa shape index (κ1) is 18.3. The molecule has 1 atom stereocenters. The smallest absolute Gasteiger partial charge is 0.339 e. The molecule has 0 N–H and O–H groups in total. The van der Waals surface area contributed by atoms with Gasteiger partial charge in [0.25, 0.3) is 5.91 Å². The molecule has 0 unspecified atom stereocenters. The fourth-order valence-electron chi connectivity index (χ4n) is 3.11. The van der Waals surface area contributed by atoms with Crippen molar-refractivity contribution >= 4 is 40.9 Å². The molecule has 0 spiro atoms. The van der Waals surface area contributed by atoms with Crippen LogP contribution in [0.5, 0.6) is 0 Å². The Morgan fingerprint density at radius 1 is 1.28 bits per heavy atom. The zero-order valence-corrected chi connectivity index (χ0v) is 15.7. The Labute approximate surface area is 154 Å². The number of hydrogen-bond donors (Lipinski definition) is 0. The molecule has 6 nitrogen and oxygen atoms in total. The third kappa shape index (κ3) is 4.17. The second-order valence-corrected chi connectivity index (χ2v) is 8.33. The minimum absolute atomic E-state index is 0.272. The second kappa shape index (κ2) is 8.23. The Hall–Kier alpha value is -1.54. The Morgan fingerprint density at radius 2 is 2.08 bits per heavy atom. The summed E-state index contributed by atoms with van der Waals surface area (Å²) in [7, 11) is 1.34. The summed E-state index contributed by atoms with van der Waals surface area (Å²) >= 11 is 3.08. The lowest BCUT2D eigenvalue weighted by molar-refractivity contribution is -0.141. The second-order valence-electron chi connectivity index (χ2n) is 6.06. The first-order chi connectivity index (χ1) is 12.1. The van der Waals surface area contributed by atoms with Gasteiger partial charge in [0.1, 0.15) is 5.25 Å². The van der Waals surface area contributed by atoms with E-state index in [1.54, 1.807) is 16.2 Å². The maximum absolute atomic E-state index is 12.3. The van der Waals surface area contributed by atoms with Crippen LogP contribution in [0.2, 0.25) is 0 Å². The van der Waals surface area contributed by atoms with Crippen LogP contribution in [0.1, 0.15) is 33.6 Å². The van der Waals surface area contributed by atoms with Gasteiger partial charge in [-0.3, -0.25) is 9.59 Å². The van der Waals surface area contributed by atoms with Crippen LogP contribution in [-0.2, 0) is 31.9 Å². The molecule has 1 fully saturated rings. The normalized spacial score (nSPS) is 19.9. The highest BCUT2D eigenvalue weighted by Crippen LogP contribution is 2.30. The third-order valence-electron chi connectivity index (χ3n) is 4.49. The number of thioether (sulfide) groups is 1. The van der Waals surface area contributed by atoms with E-state index < -0.39 is 5.97 Å². The first-order valence-electron chi connectivity index (χ1n) is 8.33. The van der Waals surface area contributed by atoms with E-state index in [1.165, 1.54) is 23.7 Å². The predicted molar refractivity (Wildman–Crippen MR) is 96.1 cm³/mol. The van der Waals surface area contributed by atoms with E-state index in [0.717, 1.165) is 31.2 Å². The predicted octanol–water partition coefficient (Wildman–Crippen LogP) is 1.90. The van der Waals surface area contributed by atoms with Crippen LogP contribution >= 0.6 is 23.1 Å².